The number of benzene rings is 1. The van der Waals surface area contributed by atoms with E-state index in [4.69, 9.17) is 21.6 Å². The average Bonchev–Trinajstić information content (AvgIpc) is 2.64. The zero-order valence-corrected chi connectivity index (χ0v) is 19.1. The van der Waals surface area contributed by atoms with Gasteiger partial charge >= 0.3 is 6.09 Å². The number of carbonyl (C=O) groups is 1. The Labute approximate surface area is 180 Å². The molecule has 0 saturated heterocycles. The standard InChI is InChI=1S/C24H36N4O2/c1-8-24(7,15-28-22(29)30-23(4,5)6)19-11-9-10-18(14-19)20(12-13-25)21(16(2)26)17(3)27/h9-14,27H,2,8,15,25-26H2,1,3-7H3,(H,28,29)/b13-12-,21-20-,27-17?. The molecule has 0 aliphatic carbocycles. The SMILES string of the molecule is C=C(N)/C(C(C)=N)=C(\C=C/N)c1cccc(C(C)(CC)CNC(=O)OC(C)(C)C)c1. The van der Waals surface area contributed by atoms with Crippen LogP contribution in [0.3, 0.4) is 0 Å². The van der Waals surface area contributed by atoms with E-state index in [0.29, 0.717) is 23.5 Å². The van der Waals surface area contributed by atoms with Gasteiger partial charge in [-0.2, -0.15) is 0 Å². The van der Waals surface area contributed by atoms with Gasteiger partial charge in [0, 0.05) is 28.9 Å². The molecule has 0 aromatic heterocycles. The smallest absolute Gasteiger partial charge is 0.407 e. The molecule has 0 fully saturated rings. The van der Waals surface area contributed by atoms with Gasteiger partial charge in [-0.3, -0.25) is 0 Å². The molecule has 1 atom stereocenters. The second kappa shape index (κ2) is 10.1. The van der Waals surface area contributed by atoms with Gasteiger partial charge in [0.1, 0.15) is 5.60 Å². The number of carbonyl (C=O) groups excluding carboxylic acids is 1. The second-order valence-electron chi connectivity index (χ2n) is 8.65. The Balaban J connectivity index is 3.35. The molecule has 0 saturated carbocycles. The van der Waals surface area contributed by atoms with E-state index < -0.39 is 11.7 Å². The van der Waals surface area contributed by atoms with Crippen molar-refractivity contribution in [3.63, 3.8) is 0 Å². The van der Waals surface area contributed by atoms with E-state index in [-0.39, 0.29) is 5.41 Å². The molecule has 0 bridgehead atoms. The number of hydrogen-bond acceptors (Lipinski definition) is 5. The molecule has 30 heavy (non-hydrogen) atoms. The van der Waals surface area contributed by atoms with Crippen molar-refractivity contribution in [2.24, 2.45) is 11.5 Å². The maximum Gasteiger partial charge on any atom is 0.407 e. The number of hydrogen-bond donors (Lipinski definition) is 4. The van der Waals surface area contributed by atoms with Crippen LogP contribution in [0.15, 0.2) is 54.4 Å². The normalized spacial score (nSPS) is 14.6. The summed E-state index contributed by atoms with van der Waals surface area (Å²) in [6, 6.07) is 7.97. The summed E-state index contributed by atoms with van der Waals surface area (Å²) in [5, 5.41) is 11.0. The van der Waals surface area contributed by atoms with E-state index in [1.807, 2.05) is 45.0 Å². The van der Waals surface area contributed by atoms with E-state index in [1.54, 1.807) is 13.0 Å². The van der Waals surface area contributed by atoms with Gasteiger partial charge in [0.05, 0.1) is 0 Å². The van der Waals surface area contributed by atoms with Gasteiger partial charge in [-0.25, -0.2) is 4.79 Å². The number of nitrogens with two attached hydrogens (primary N) is 2. The van der Waals surface area contributed by atoms with Crippen LogP contribution < -0.4 is 16.8 Å². The molecule has 0 aliphatic rings. The molecular formula is C24H36N4O2. The molecule has 1 amide bonds. The van der Waals surface area contributed by atoms with Gasteiger partial charge in [-0.15, -0.1) is 0 Å². The molecular weight excluding hydrogens is 376 g/mol. The maximum atomic E-state index is 12.1. The molecule has 0 aliphatic heterocycles. The number of alkyl carbamates (subject to hydrolysis) is 1. The lowest BCUT2D eigenvalue weighted by Gasteiger charge is -2.30. The average molecular weight is 413 g/mol. The van der Waals surface area contributed by atoms with E-state index in [2.05, 4.69) is 25.7 Å². The third kappa shape index (κ3) is 6.79. The molecule has 0 radical (unpaired) electrons. The third-order valence-corrected chi connectivity index (χ3v) is 4.90. The van der Waals surface area contributed by atoms with Gasteiger partial charge < -0.3 is 26.9 Å². The van der Waals surface area contributed by atoms with Crippen LogP contribution in [0.2, 0.25) is 0 Å². The summed E-state index contributed by atoms with van der Waals surface area (Å²) in [6.45, 7) is 15.6. The van der Waals surface area contributed by atoms with Crippen LogP contribution in [-0.2, 0) is 10.2 Å². The van der Waals surface area contributed by atoms with Crippen LogP contribution in [0.4, 0.5) is 4.79 Å². The largest absolute Gasteiger partial charge is 0.444 e. The molecule has 6 N–H and O–H groups in total. The number of amides is 1. The lowest BCUT2D eigenvalue weighted by Crippen LogP contribution is -2.41. The van der Waals surface area contributed by atoms with E-state index in [9.17, 15) is 4.79 Å². The molecule has 1 unspecified atom stereocenters. The van der Waals surface area contributed by atoms with Crippen molar-refractivity contribution in [1.29, 1.82) is 5.41 Å². The minimum atomic E-state index is -0.549. The van der Waals surface area contributed by atoms with Crippen molar-refractivity contribution in [2.75, 3.05) is 6.54 Å². The van der Waals surface area contributed by atoms with Crippen molar-refractivity contribution in [1.82, 2.24) is 5.32 Å². The first-order valence-corrected chi connectivity index (χ1v) is 10.0. The first kappa shape index (κ1) is 25.0. The highest BCUT2D eigenvalue weighted by molar-refractivity contribution is 6.08. The van der Waals surface area contributed by atoms with Crippen LogP contribution in [0, 0.1) is 5.41 Å². The lowest BCUT2D eigenvalue weighted by atomic mass is 9.78. The van der Waals surface area contributed by atoms with Crippen molar-refractivity contribution < 1.29 is 9.53 Å². The fraction of sp³-hybridized carbons (Fsp3) is 0.417. The number of rotatable bonds is 8. The Morgan fingerprint density at radius 1 is 1.30 bits per heavy atom. The summed E-state index contributed by atoms with van der Waals surface area (Å²) < 4.78 is 5.36. The fourth-order valence-electron chi connectivity index (χ4n) is 3.11. The maximum absolute atomic E-state index is 12.1. The zero-order chi connectivity index (χ0) is 23.1. The molecule has 1 aromatic rings. The first-order valence-electron chi connectivity index (χ1n) is 10.0. The van der Waals surface area contributed by atoms with Crippen LogP contribution in [-0.4, -0.2) is 24.0 Å². The summed E-state index contributed by atoms with van der Waals surface area (Å²) in [5.41, 5.74) is 14.6. The summed E-state index contributed by atoms with van der Waals surface area (Å²) in [5.74, 6) is 0. The van der Waals surface area contributed by atoms with E-state index >= 15 is 0 Å². The highest BCUT2D eigenvalue weighted by Crippen LogP contribution is 2.31. The van der Waals surface area contributed by atoms with Gasteiger partial charge in [0.2, 0.25) is 0 Å². The van der Waals surface area contributed by atoms with Crippen molar-refractivity contribution in [3.05, 3.63) is 65.5 Å². The molecule has 6 heteroatoms. The van der Waals surface area contributed by atoms with Gasteiger partial charge in [-0.1, -0.05) is 44.7 Å². The molecule has 6 nitrogen and oxygen atoms in total. The third-order valence-electron chi connectivity index (χ3n) is 4.90. The Morgan fingerprint density at radius 2 is 1.93 bits per heavy atom. The Morgan fingerprint density at radius 3 is 2.40 bits per heavy atom. The summed E-state index contributed by atoms with van der Waals surface area (Å²) in [4.78, 5) is 12.1. The van der Waals surface area contributed by atoms with Crippen molar-refractivity contribution in [2.45, 2.75) is 59.0 Å². The van der Waals surface area contributed by atoms with Crippen molar-refractivity contribution in [3.8, 4) is 0 Å². The van der Waals surface area contributed by atoms with Crippen LogP contribution in [0.1, 0.15) is 59.1 Å². The summed E-state index contributed by atoms with van der Waals surface area (Å²) >= 11 is 0. The summed E-state index contributed by atoms with van der Waals surface area (Å²) in [6.07, 6.45) is 3.52. The Bertz CT molecular complexity index is 846. The highest BCUT2D eigenvalue weighted by atomic mass is 16.6. The predicted molar refractivity (Wildman–Crippen MR) is 125 cm³/mol. The minimum absolute atomic E-state index is 0.311. The van der Waals surface area contributed by atoms with Gasteiger partial charge in [-0.05, 0) is 63.1 Å². The quantitative estimate of drug-likeness (QED) is 0.368. The molecule has 164 valence electrons. The number of allylic oxidation sites excluding steroid dienone is 3. The van der Waals surface area contributed by atoms with Crippen LogP contribution in [0.5, 0.6) is 0 Å². The van der Waals surface area contributed by atoms with Crippen LogP contribution in [0.25, 0.3) is 5.57 Å². The first-order chi connectivity index (χ1) is 13.8. The lowest BCUT2D eigenvalue weighted by molar-refractivity contribution is 0.0515. The molecule has 0 heterocycles. The zero-order valence-electron chi connectivity index (χ0n) is 19.1. The Kier molecular flexibility index (Phi) is 8.46. The number of nitrogens with one attached hydrogen (secondary N) is 2. The molecule has 1 aromatic carbocycles. The fourth-order valence-corrected chi connectivity index (χ4v) is 3.11. The van der Waals surface area contributed by atoms with E-state index in [1.165, 1.54) is 6.20 Å². The topological polar surface area (TPSA) is 114 Å². The number of ether oxygens (including phenoxy) is 1. The second-order valence-corrected chi connectivity index (χ2v) is 8.65. The highest BCUT2D eigenvalue weighted by Gasteiger charge is 2.27. The van der Waals surface area contributed by atoms with Crippen molar-refractivity contribution >= 4 is 17.4 Å². The Hall–Kier alpha value is -3.02. The molecule has 0 spiro atoms. The molecule has 1 rings (SSSR count). The van der Waals surface area contributed by atoms with Gasteiger partial charge in [0.25, 0.3) is 0 Å². The monoisotopic (exact) mass is 412 g/mol. The van der Waals surface area contributed by atoms with Gasteiger partial charge in [0.15, 0.2) is 0 Å². The summed E-state index contributed by atoms with van der Waals surface area (Å²) in [7, 11) is 0. The van der Waals surface area contributed by atoms with Crippen LogP contribution >= 0.6 is 0 Å². The predicted octanol–water partition coefficient (Wildman–Crippen LogP) is 4.62. The van der Waals surface area contributed by atoms with E-state index in [0.717, 1.165) is 23.1 Å². The minimum Gasteiger partial charge on any atom is -0.444 e.